The zero-order chi connectivity index (χ0) is 36.7. The van der Waals surface area contributed by atoms with Crippen molar-refractivity contribution < 1.29 is 18.7 Å². The largest absolute Gasteiger partial charge is 0.483 e. The standard InChI is InChI=1S/C41H39Cl2FN6O3/c1-20-26-17-30(31-18-33(21(2)49(31)41(51)22-11-12-22)53-32-10-6-14-46-40(32)52-3)50(38-24-16-29(38)47-19-24)39(26)27-15-23(7-5-13-45)34(36(44)37(27)48-20)25-8-4-9-28(42)35(25)43/h4,6,8-10,14-15,17,21-22,24,29,31,33,38,47H,5,7,11-12,16,18-19H2,1-3H3. The fourth-order valence-electron chi connectivity index (χ4n) is 9.18. The zero-order valence-corrected chi connectivity index (χ0v) is 31.2. The summed E-state index contributed by atoms with van der Waals surface area (Å²) in [6.07, 6.45) is 5.25. The van der Waals surface area contributed by atoms with Gasteiger partial charge in [0.25, 0.3) is 5.88 Å². The number of aromatic nitrogens is 3. The molecule has 3 aliphatic heterocycles. The van der Waals surface area contributed by atoms with Gasteiger partial charge in [0.05, 0.1) is 46.9 Å². The second-order valence-corrected chi connectivity index (χ2v) is 15.7. The summed E-state index contributed by atoms with van der Waals surface area (Å²) in [7, 11) is 1.57. The number of nitrogens with zero attached hydrogens (tertiary/aromatic N) is 5. The van der Waals surface area contributed by atoms with Crippen LogP contribution in [0.15, 0.2) is 48.7 Å². The Labute approximate surface area is 317 Å². The summed E-state index contributed by atoms with van der Waals surface area (Å²) in [6, 6.07) is 15.1. The summed E-state index contributed by atoms with van der Waals surface area (Å²) in [4.78, 5) is 25.6. The highest BCUT2D eigenvalue weighted by atomic mass is 35.5. The van der Waals surface area contributed by atoms with Gasteiger partial charge in [0.2, 0.25) is 5.91 Å². The molecular weight excluding hydrogens is 714 g/mol. The van der Waals surface area contributed by atoms with Gasteiger partial charge in [-0.25, -0.2) is 14.4 Å². The molecule has 2 aliphatic carbocycles. The van der Waals surface area contributed by atoms with Crippen molar-refractivity contribution in [3.63, 3.8) is 0 Å². The molecule has 5 fully saturated rings. The summed E-state index contributed by atoms with van der Waals surface area (Å²) in [5.41, 5.74) is 4.28. The van der Waals surface area contributed by atoms with E-state index in [9.17, 15) is 10.1 Å². The van der Waals surface area contributed by atoms with Crippen LogP contribution >= 0.6 is 23.2 Å². The first-order valence-electron chi connectivity index (χ1n) is 18.4. The molecule has 0 spiro atoms. The molecule has 9 nitrogen and oxygen atoms in total. The van der Waals surface area contributed by atoms with Crippen LogP contribution < -0.4 is 14.8 Å². The van der Waals surface area contributed by atoms with E-state index in [2.05, 4.69) is 33.9 Å². The second-order valence-electron chi connectivity index (χ2n) is 15.0. The molecule has 1 amide bonds. The van der Waals surface area contributed by atoms with Crippen LogP contribution in [0.1, 0.15) is 68.1 Å². The number of carbonyl (C=O) groups is 1. The van der Waals surface area contributed by atoms with Crippen molar-refractivity contribution in [1.29, 1.82) is 5.26 Å². The van der Waals surface area contributed by atoms with Gasteiger partial charge in [-0.05, 0) is 81.3 Å². The maximum absolute atomic E-state index is 17.2. The number of pyridine rings is 2. The molecule has 1 N–H and O–H groups in total. The molecule has 5 aromatic rings. The summed E-state index contributed by atoms with van der Waals surface area (Å²) in [6.45, 7) is 4.88. The third kappa shape index (κ3) is 5.45. The number of fused-ring (bicyclic) bond motifs is 4. The third-order valence-electron chi connectivity index (χ3n) is 11.9. The summed E-state index contributed by atoms with van der Waals surface area (Å²) < 4.78 is 31.8. The lowest BCUT2D eigenvalue weighted by Gasteiger charge is -2.39. The molecule has 3 aromatic heterocycles. The number of hydrogen-bond donors (Lipinski definition) is 1. The van der Waals surface area contributed by atoms with Crippen molar-refractivity contribution >= 4 is 50.9 Å². The number of rotatable bonds is 9. The van der Waals surface area contributed by atoms with Gasteiger partial charge < -0.3 is 24.3 Å². The van der Waals surface area contributed by atoms with Gasteiger partial charge in [-0.15, -0.1) is 0 Å². The topological polar surface area (TPSA) is 105 Å². The molecule has 0 radical (unpaired) electrons. The van der Waals surface area contributed by atoms with Crippen LogP contribution in [0.5, 0.6) is 11.6 Å². The molecular formula is C41H39Cl2FN6O3. The Morgan fingerprint density at radius 3 is 2.70 bits per heavy atom. The Hall–Kier alpha value is -4.43. The quantitative estimate of drug-likeness (QED) is 0.161. The number of benzene rings is 2. The molecule has 272 valence electrons. The van der Waals surface area contributed by atoms with Crippen LogP contribution in [0.25, 0.3) is 32.9 Å². The summed E-state index contributed by atoms with van der Waals surface area (Å²) >= 11 is 13.1. The van der Waals surface area contributed by atoms with E-state index in [1.807, 2.05) is 30.0 Å². The highest BCUT2D eigenvalue weighted by molar-refractivity contribution is 6.43. The van der Waals surface area contributed by atoms with E-state index >= 15 is 4.39 Å². The smallest absolute Gasteiger partial charge is 0.256 e. The molecule has 5 aliphatic rings. The van der Waals surface area contributed by atoms with Gasteiger partial charge >= 0.3 is 0 Å². The second kappa shape index (κ2) is 13.2. The Morgan fingerprint density at radius 2 is 1.98 bits per heavy atom. The average Bonchev–Trinajstić information content (AvgIpc) is 3.41. The van der Waals surface area contributed by atoms with Gasteiger partial charge in [-0.1, -0.05) is 35.3 Å². The first kappa shape index (κ1) is 34.3. The number of nitriles is 1. The fourth-order valence-corrected chi connectivity index (χ4v) is 9.57. The first-order chi connectivity index (χ1) is 25.7. The van der Waals surface area contributed by atoms with Crippen LogP contribution in [0.2, 0.25) is 10.0 Å². The van der Waals surface area contributed by atoms with E-state index in [0.29, 0.717) is 63.2 Å². The molecule has 6 heterocycles. The number of nitrogens with one attached hydrogen (secondary N) is 1. The Balaban J connectivity index is 1.27. The molecule has 6 atom stereocenters. The third-order valence-corrected chi connectivity index (χ3v) is 12.7. The highest BCUT2D eigenvalue weighted by Crippen LogP contribution is 2.52. The van der Waals surface area contributed by atoms with Crippen LogP contribution in [-0.4, -0.2) is 57.2 Å². The van der Waals surface area contributed by atoms with E-state index < -0.39 is 5.82 Å². The summed E-state index contributed by atoms with van der Waals surface area (Å²) in [5, 5.41) is 15.5. The minimum absolute atomic E-state index is 0.00348. The van der Waals surface area contributed by atoms with E-state index in [-0.39, 0.29) is 59.1 Å². The molecule has 2 saturated carbocycles. The summed E-state index contributed by atoms with van der Waals surface area (Å²) in [5.74, 6) is 0.982. The monoisotopic (exact) mass is 752 g/mol. The van der Waals surface area contributed by atoms with Crippen molar-refractivity contribution in [2.75, 3.05) is 13.7 Å². The van der Waals surface area contributed by atoms with E-state index in [1.165, 1.54) is 0 Å². The van der Waals surface area contributed by atoms with Crippen molar-refractivity contribution in [3.8, 4) is 28.8 Å². The van der Waals surface area contributed by atoms with Crippen molar-refractivity contribution in [2.24, 2.45) is 11.8 Å². The number of hydrogen-bond acceptors (Lipinski definition) is 7. The highest BCUT2D eigenvalue weighted by Gasteiger charge is 2.52. The average molecular weight is 754 g/mol. The molecule has 2 bridgehead atoms. The maximum Gasteiger partial charge on any atom is 0.256 e. The number of halogens is 3. The SMILES string of the molecule is COc1ncccc1OC1CC(c2cc3c(C)nc4c(F)c(-c5cccc(Cl)c5Cl)c(CCC#N)cc4c3n2C2C3CNC2C3)N(C(=O)C2CC2)C1C. The first-order valence-corrected chi connectivity index (χ1v) is 19.1. The van der Waals surface area contributed by atoms with E-state index in [4.69, 9.17) is 37.7 Å². The van der Waals surface area contributed by atoms with Gasteiger partial charge in [0.15, 0.2) is 11.6 Å². The fraction of sp³-hybridized carbons (Fsp3) is 0.415. The van der Waals surface area contributed by atoms with Gasteiger partial charge in [0, 0.05) is 70.8 Å². The lowest BCUT2D eigenvalue weighted by atomic mass is 9.79. The Morgan fingerprint density at radius 1 is 1.15 bits per heavy atom. The number of carbonyl (C=O) groups excluding carboxylic acids is 1. The van der Waals surface area contributed by atoms with Crippen molar-refractivity contribution in [3.05, 3.63) is 81.5 Å². The number of ether oxygens (including phenoxy) is 2. The lowest BCUT2D eigenvalue weighted by molar-refractivity contribution is -0.136. The lowest BCUT2D eigenvalue weighted by Crippen LogP contribution is -2.43. The van der Waals surface area contributed by atoms with Crippen molar-refractivity contribution in [2.45, 2.75) is 82.6 Å². The maximum atomic E-state index is 17.2. The van der Waals surface area contributed by atoms with Crippen molar-refractivity contribution in [1.82, 2.24) is 24.8 Å². The molecule has 10 rings (SSSR count). The number of amides is 1. The zero-order valence-electron chi connectivity index (χ0n) is 29.7. The number of methoxy groups -OCH3 is 1. The molecule has 2 aromatic carbocycles. The molecule has 3 saturated heterocycles. The van der Waals surface area contributed by atoms with Crippen LogP contribution in [0.3, 0.4) is 0 Å². The van der Waals surface area contributed by atoms with E-state index in [0.717, 1.165) is 42.4 Å². The minimum Gasteiger partial charge on any atom is -0.483 e. The van der Waals surface area contributed by atoms with Crippen LogP contribution in [0.4, 0.5) is 4.39 Å². The van der Waals surface area contributed by atoms with Crippen LogP contribution in [-0.2, 0) is 11.2 Å². The van der Waals surface area contributed by atoms with Crippen LogP contribution in [0, 0.1) is 35.9 Å². The number of likely N-dealkylation sites (tertiary alicyclic amines) is 1. The predicted octanol–water partition coefficient (Wildman–Crippen LogP) is 8.52. The molecule has 12 heteroatoms. The minimum atomic E-state index is -0.493. The predicted molar refractivity (Wildman–Crippen MR) is 202 cm³/mol. The van der Waals surface area contributed by atoms with Gasteiger partial charge in [-0.2, -0.15) is 5.26 Å². The number of aryl methyl sites for hydroxylation is 2. The molecule has 53 heavy (non-hydrogen) atoms. The molecule has 6 unspecified atom stereocenters. The normalized spacial score (nSPS) is 24.8. The van der Waals surface area contributed by atoms with Gasteiger partial charge in [-0.3, -0.25) is 4.79 Å². The van der Waals surface area contributed by atoms with Gasteiger partial charge in [0.1, 0.15) is 11.6 Å². The van der Waals surface area contributed by atoms with E-state index in [1.54, 1.807) is 31.5 Å². The Bertz CT molecular complexity index is 2340. The Kier molecular flexibility index (Phi) is 8.52.